The van der Waals surface area contributed by atoms with Gasteiger partial charge in [0.25, 0.3) is 5.56 Å². The molecular weight excluding hydrogens is 360 g/mol. The number of benzene rings is 2. The Morgan fingerprint density at radius 2 is 1.74 bits per heavy atom. The van der Waals surface area contributed by atoms with E-state index in [0.717, 1.165) is 15.3 Å². The summed E-state index contributed by atoms with van der Waals surface area (Å²) in [4.78, 5) is 29.5. The van der Waals surface area contributed by atoms with Gasteiger partial charge in [-0.1, -0.05) is 48.5 Å². The number of carbonyl (C=O) groups excluding carboxylic acids is 1. The second-order valence-corrected chi connectivity index (χ2v) is 7.21. The Morgan fingerprint density at radius 1 is 1.07 bits per heavy atom. The summed E-state index contributed by atoms with van der Waals surface area (Å²) >= 11 is 1.43. The van der Waals surface area contributed by atoms with Gasteiger partial charge in [0.1, 0.15) is 12.2 Å². The molecule has 2 aromatic carbocycles. The number of hydrogen-bond donors (Lipinski definition) is 1. The van der Waals surface area contributed by atoms with Crippen molar-refractivity contribution >= 4 is 33.1 Å². The van der Waals surface area contributed by atoms with E-state index in [1.807, 2.05) is 55.5 Å². The summed E-state index contributed by atoms with van der Waals surface area (Å²) in [6.45, 7) is 1.67. The minimum atomic E-state index is -0.364. The molecule has 134 valence electrons. The number of hydrogen-bond acceptors (Lipinski definition) is 5. The maximum atomic E-state index is 12.8. The molecule has 7 heteroatoms. The molecule has 0 saturated carbocycles. The fraction of sp³-hybridized carbons (Fsp3) is 0.100. The largest absolute Gasteiger partial charge is 0.324 e. The van der Waals surface area contributed by atoms with Crippen LogP contribution in [-0.4, -0.2) is 20.7 Å². The number of aromatic nitrogens is 3. The lowest BCUT2D eigenvalue weighted by Gasteiger charge is -2.09. The molecule has 6 nitrogen and oxygen atoms in total. The fourth-order valence-corrected chi connectivity index (χ4v) is 3.73. The molecule has 0 radical (unpaired) electrons. The average Bonchev–Trinajstić information content (AvgIpc) is 3.07. The number of amides is 1. The van der Waals surface area contributed by atoms with Crippen molar-refractivity contribution in [2.75, 3.05) is 5.32 Å². The van der Waals surface area contributed by atoms with Crippen LogP contribution in [0.1, 0.15) is 5.01 Å². The molecule has 4 rings (SSSR count). The van der Waals surface area contributed by atoms with E-state index in [9.17, 15) is 9.59 Å². The highest BCUT2D eigenvalue weighted by molar-refractivity contribution is 7.19. The number of aryl methyl sites for hydroxylation is 1. The molecule has 0 bridgehead atoms. The first kappa shape index (κ1) is 17.1. The third-order valence-electron chi connectivity index (χ3n) is 4.01. The lowest BCUT2D eigenvalue weighted by atomic mass is 10.1. The van der Waals surface area contributed by atoms with Crippen LogP contribution in [0.2, 0.25) is 0 Å². The molecule has 0 aliphatic carbocycles. The Morgan fingerprint density at radius 3 is 2.44 bits per heavy atom. The fourth-order valence-electron chi connectivity index (χ4n) is 2.82. The van der Waals surface area contributed by atoms with Gasteiger partial charge in [-0.2, -0.15) is 5.10 Å². The average molecular weight is 376 g/mol. The number of fused-ring (bicyclic) bond motifs is 1. The van der Waals surface area contributed by atoms with Crippen molar-refractivity contribution in [3.8, 4) is 11.3 Å². The lowest BCUT2D eigenvalue weighted by Crippen LogP contribution is -2.30. The first-order valence-corrected chi connectivity index (χ1v) is 9.22. The Labute approximate surface area is 159 Å². The summed E-state index contributed by atoms with van der Waals surface area (Å²) in [6, 6.07) is 18.7. The number of nitrogens with zero attached hydrogens (tertiary/aromatic N) is 3. The van der Waals surface area contributed by atoms with Crippen molar-refractivity contribution in [1.29, 1.82) is 0 Å². The highest BCUT2D eigenvalue weighted by atomic mass is 32.1. The maximum Gasteiger partial charge on any atom is 0.294 e. The van der Waals surface area contributed by atoms with E-state index in [4.69, 9.17) is 0 Å². The standard InChI is InChI=1S/C20H16N4O2S/c1-13-21-18-19(27-13)17(14-8-4-2-5-9-14)23-24(20(18)26)12-16(25)22-15-10-6-3-7-11-15/h2-11H,12H2,1H3,(H,22,25). The predicted octanol–water partition coefficient (Wildman–Crippen LogP) is 3.47. The molecule has 2 aromatic heterocycles. The molecule has 27 heavy (non-hydrogen) atoms. The quantitative estimate of drug-likeness (QED) is 0.592. The second kappa shape index (κ2) is 7.13. The number of anilines is 1. The van der Waals surface area contributed by atoms with Crippen LogP contribution in [0.4, 0.5) is 5.69 Å². The summed E-state index contributed by atoms with van der Waals surface area (Å²) < 4.78 is 1.92. The Bertz CT molecular complexity index is 1170. The summed E-state index contributed by atoms with van der Waals surface area (Å²) in [7, 11) is 0. The van der Waals surface area contributed by atoms with Crippen LogP contribution in [-0.2, 0) is 11.3 Å². The highest BCUT2D eigenvalue weighted by Crippen LogP contribution is 2.29. The van der Waals surface area contributed by atoms with Gasteiger partial charge >= 0.3 is 0 Å². The van der Waals surface area contributed by atoms with Gasteiger partial charge in [0.15, 0.2) is 5.52 Å². The molecular formula is C20H16N4O2S. The van der Waals surface area contributed by atoms with Crippen LogP contribution in [0.15, 0.2) is 65.5 Å². The number of para-hydroxylation sites is 1. The smallest absolute Gasteiger partial charge is 0.294 e. The van der Waals surface area contributed by atoms with E-state index in [1.165, 1.54) is 16.0 Å². The molecule has 0 spiro atoms. The Balaban J connectivity index is 1.76. The summed E-state index contributed by atoms with van der Waals surface area (Å²) in [5, 5.41) is 8.04. The lowest BCUT2D eigenvalue weighted by molar-refractivity contribution is -0.117. The number of carbonyl (C=O) groups is 1. The van der Waals surface area contributed by atoms with E-state index in [0.29, 0.717) is 16.9 Å². The van der Waals surface area contributed by atoms with Gasteiger partial charge in [-0.05, 0) is 19.1 Å². The number of nitrogens with one attached hydrogen (secondary N) is 1. The molecule has 0 unspecified atom stereocenters. The monoisotopic (exact) mass is 376 g/mol. The van der Waals surface area contributed by atoms with E-state index < -0.39 is 0 Å². The predicted molar refractivity (Wildman–Crippen MR) is 107 cm³/mol. The van der Waals surface area contributed by atoms with Crippen molar-refractivity contribution in [3.63, 3.8) is 0 Å². The number of thiazole rings is 1. The van der Waals surface area contributed by atoms with Crippen molar-refractivity contribution in [3.05, 3.63) is 76.0 Å². The van der Waals surface area contributed by atoms with E-state index in [2.05, 4.69) is 15.4 Å². The van der Waals surface area contributed by atoms with Gasteiger partial charge in [-0.15, -0.1) is 11.3 Å². The van der Waals surface area contributed by atoms with Gasteiger partial charge < -0.3 is 5.32 Å². The van der Waals surface area contributed by atoms with Gasteiger partial charge in [0, 0.05) is 11.3 Å². The zero-order valence-electron chi connectivity index (χ0n) is 14.5. The molecule has 0 fully saturated rings. The van der Waals surface area contributed by atoms with E-state index in [1.54, 1.807) is 12.1 Å². The van der Waals surface area contributed by atoms with Crippen molar-refractivity contribution in [1.82, 2.24) is 14.8 Å². The normalized spacial score (nSPS) is 10.9. The van der Waals surface area contributed by atoms with Gasteiger partial charge in [0.2, 0.25) is 5.91 Å². The van der Waals surface area contributed by atoms with Crippen LogP contribution < -0.4 is 10.9 Å². The van der Waals surface area contributed by atoms with Crippen LogP contribution in [0, 0.1) is 6.92 Å². The zero-order chi connectivity index (χ0) is 18.8. The van der Waals surface area contributed by atoms with Crippen molar-refractivity contribution in [2.45, 2.75) is 13.5 Å². The molecule has 1 N–H and O–H groups in total. The Hall–Kier alpha value is -3.32. The van der Waals surface area contributed by atoms with E-state index in [-0.39, 0.29) is 18.0 Å². The van der Waals surface area contributed by atoms with Gasteiger partial charge in [0.05, 0.1) is 9.71 Å². The van der Waals surface area contributed by atoms with Crippen molar-refractivity contribution < 1.29 is 4.79 Å². The summed E-state index contributed by atoms with van der Waals surface area (Å²) in [6.07, 6.45) is 0. The zero-order valence-corrected chi connectivity index (χ0v) is 15.4. The van der Waals surface area contributed by atoms with Crippen LogP contribution >= 0.6 is 11.3 Å². The van der Waals surface area contributed by atoms with Crippen LogP contribution in [0.5, 0.6) is 0 Å². The molecule has 2 heterocycles. The van der Waals surface area contributed by atoms with Crippen LogP contribution in [0.25, 0.3) is 21.5 Å². The first-order valence-electron chi connectivity index (χ1n) is 8.40. The molecule has 1 amide bonds. The molecule has 4 aromatic rings. The molecule has 0 aliphatic heterocycles. The van der Waals surface area contributed by atoms with Gasteiger partial charge in [-0.3, -0.25) is 9.59 Å². The summed E-state index contributed by atoms with van der Waals surface area (Å²) in [5.41, 5.74) is 2.19. The molecule has 0 aliphatic rings. The number of rotatable bonds is 4. The van der Waals surface area contributed by atoms with Crippen LogP contribution in [0.3, 0.4) is 0 Å². The molecule has 0 atom stereocenters. The SMILES string of the molecule is Cc1nc2c(=O)n(CC(=O)Nc3ccccc3)nc(-c3ccccc3)c2s1. The van der Waals surface area contributed by atoms with E-state index >= 15 is 0 Å². The Kier molecular flexibility index (Phi) is 4.52. The highest BCUT2D eigenvalue weighted by Gasteiger charge is 2.17. The minimum Gasteiger partial charge on any atom is -0.324 e. The topological polar surface area (TPSA) is 76.9 Å². The third kappa shape index (κ3) is 3.50. The first-order chi connectivity index (χ1) is 13.1. The third-order valence-corrected chi connectivity index (χ3v) is 4.98. The van der Waals surface area contributed by atoms with Gasteiger partial charge in [-0.25, -0.2) is 9.67 Å². The maximum absolute atomic E-state index is 12.8. The second-order valence-electron chi connectivity index (χ2n) is 6.00. The molecule has 0 saturated heterocycles. The summed E-state index contributed by atoms with van der Waals surface area (Å²) in [5.74, 6) is -0.318. The minimum absolute atomic E-state index is 0.180. The van der Waals surface area contributed by atoms with Crippen molar-refractivity contribution in [2.24, 2.45) is 0 Å².